The lowest BCUT2D eigenvalue weighted by Crippen LogP contribution is -2.42. The number of hydrogen-bond donors (Lipinski definition) is 3. The van der Waals surface area contributed by atoms with Gasteiger partial charge < -0.3 is 14.8 Å². The van der Waals surface area contributed by atoms with Gasteiger partial charge in [0.15, 0.2) is 5.75 Å². The minimum atomic E-state index is -4.34. The average Bonchev–Trinajstić information content (AvgIpc) is 3.09. The lowest BCUT2D eigenvalue weighted by Gasteiger charge is -2.15. The van der Waals surface area contributed by atoms with E-state index in [0.29, 0.717) is 5.56 Å². The molecule has 0 aliphatic heterocycles. The number of ether oxygens (including phenoxy) is 1. The van der Waals surface area contributed by atoms with Crippen molar-refractivity contribution < 1.29 is 28.0 Å². The van der Waals surface area contributed by atoms with E-state index in [0.717, 1.165) is 29.1 Å². The number of nitrogens with one attached hydrogen (secondary N) is 2. The summed E-state index contributed by atoms with van der Waals surface area (Å²) in [7, 11) is -3.12. The van der Waals surface area contributed by atoms with Gasteiger partial charge in [0.25, 0.3) is 0 Å². The van der Waals surface area contributed by atoms with Gasteiger partial charge in [0.1, 0.15) is 6.04 Å². The zero-order chi connectivity index (χ0) is 21.2. The van der Waals surface area contributed by atoms with E-state index in [1.807, 2.05) is 12.1 Å². The molecule has 3 aromatic rings. The molecule has 0 bridgehead atoms. The summed E-state index contributed by atoms with van der Waals surface area (Å²) in [5, 5.41) is 21.4. The summed E-state index contributed by atoms with van der Waals surface area (Å²) in [6, 6.07) is 8.82. The first-order chi connectivity index (χ1) is 13.7. The van der Waals surface area contributed by atoms with Gasteiger partial charge in [0, 0.05) is 29.6 Å². The van der Waals surface area contributed by atoms with Crippen LogP contribution in [0.25, 0.3) is 10.9 Å². The molecule has 152 valence electrons. The molecule has 3 rings (SSSR count). The summed E-state index contributed by atoms with van der Waals surface area (Å²) in [4.78, 5) is 24.6. The summed E-state index contributed by atoms with van der Waals surface area (Å²) < 4.78 is 32.3. The number of nitro benzene ring substituents is 1. The number of benzene rings is 2. The van der Waals surface area contributed by atoms with E-state index >= 15 is 0 Å². The van der Waals surface area contributed by atoms with Crippen LogP contribution in [0.3, 0.4) is 0 Å². The zero-order valence-electron chi connectivity index (χ0n) is 15.2. The number of para-hydroxylation sites is 1. The van der Waals surface area contributed by atoms with Gasteiger partial charge in [-0.15, -0.1) is 0 Å². The monoisotopic (exact) mass is 419 g/mol. The number of aromatic amines is 1. The Morgan fingerprint density at radius 1 is 1.31 bits per heavy atom. The number of carbonyl (C=O) groups is 1. The van der Waals surface area contributed by atoms with Crippen LogP contribution in [0.1, 0.15) is 5.56 Å². The van der Waals surface area contributed by atoms with E-state index in [1.165, 1.54) is 7.11 Å². The molecular weight excluding hydrogens is 402 g/mol. The Morgan fingerprint density at radius 2 is 2.03 bits per heavy atom. The van der Waals surface area contributed by atoms with E-state index in [4.69, 9.17) is 4.74 Å². The minimum Gasteiger partial charge on any atom is -0.490 e. The Labute approximate surface area is 165 Å². The van der Waals surface area contributed by atoms with Gasteiger partial charge in [0.2, 0.25) is 10.0 Å². The number of H-pyrrole nitrogens is 1. The maximum atomic E-state index is 12.7. The molecule has 0 unspecified atom stereocenters. The lowest BCUT2D eigenvalue weighted by molar-refractivity contribution is -0.386. The normalized spacial score (nSPS) is 12.6. The Bertz CT molecular complexity index is 1190. The molecule has 3 N–H and O–H groups in total. The molecule has 2 aromatic carbocycles. The fraction of sp³-hybridized carbons (Fsp3) is 0.167. The summed E-state index contributed by atoms with van der Waals surface area (Å²) in [5.41, 5.74) is 0.871. The Hall–Kier alpha value is -3.44. The van der Waals surface area contributed by atoms with Crippen LogP contribution in [0.5, 0.6) is 5.75 Å². The summed E-state index contributed by atoms with van der Waals surface area (Å²) in [6.45, 7) is 0. The van der Waals surface area contributed by atoms with Crippen molar-refractivity contribution in [3.63, 3.8) is 0 Å². The van der Waals surface area contributed by atoms with Crippen LogP contribution in [-0.4, -0.2) is 42.6 Å². The molecule has 0 aliphatic rings. The quantitative estimate of drug-likeness (QED) is 0.373. The van der Waals surface area contributed by atoms with E-state index in [-0.39, 0.29) is 12.2 Å². The van der Waals surface area contributed by atoms with Crippen LogP contribution in [-0.2, 0) is 21.2 Å². The molecule has 11 heteroatoms. The number of fused-ring (bicyclic) bond motifs is 1. The molecule has 10 nitrogen and oxygen atoms in total. The fourth-order valence-corrected chi connectivity index (χ4v) is 4.14. The molecule has 0 amide bonds. The maximum Gasteiger partial charge on any atom is 0.322 e. The number of rotatable bonds is 8. The van der Waals surface area contributed by atoms with Crippen molar-refractivity contribution in [2.24, 2.45) is 0 Å². The van der Waals surface area contributed by atoms with E-state index < -0.39 is 37.5 Å². The summed E-state index contributed by atoms with van der Waals surface area (Å²) >= 11 is 0. The molecule has 0 saturated carbocycles. The number of nitro groups is 1. The van der Waals surface area contributed by atoms with Gasteiger partial charge >= 0.3 is 11.7 Å². The Kier molecular flexibility index (Phi) is 5.52. The predicted octanol–water partition coefficient (Wildman–Crippen LogP) is 2.06. The molecule has 0 fully saturated rings. The second-order valence-corrected chi connectivity index (χ2v) is 7.88. The van der Waals surface area contributed by atoms with Crippen LogP contribution in [0.4, 0.5) is 5.69 Å². The third kappa shape index (κ3) is 4.20. The van der Waals surface area contributed by atoms with E-state index in [1.54, 1.807) is 18.3 Å². The molecule has 0 saturated heterocycles. The fourth-order valence-electron chi connectivity index (χ4n) is 2.93. The van der Waals surface area contributed by atoms with Crippen molar-refractivity contribution in [3.05, 3.63) is 64.3 Å². The van der Waals surface area contributed by atoms with Crippen molar-refractivity contribution >= 4 is 32.6 Å². The highest BCUT2D eigenvalue weighted by molar-refractivity contribution is 7.89. The first-order valence-electron chi connectivity index (χ1n) is 8.35. The highest BCUT2D eigenvalue weighted by Crippen LogP contribution is 2.29. The van der Waals surface area contributed by atoms with Crippen LogP contribution >= 0.6 is 0 Å². The largest absolute Gasteiger partial charge is 0.490 e. The van der Waals surface area contributed by atoms with Crippen molar-refractivity contribution in [3.8, 4) is 5.75 Å². The molecule has 1 aromatic heterocycles. The number of nitrogens with zero attached hydrogens (tertiary/aromatic N) is 1. The van der Waals surface area contributed by atoms with Crippen molar-refractivity contribution in [1.29, 1.82) is 0 Å². The van der Waals surface area contributed by atoms with Crippen LogP contribution in [0.2, 0.25) is 0 Å². The number of carboxylic acid groups (broad SMARTS) is 1. The minimum absolute atomic E-state index is 0.109. The third-order valence-corrected chi connectivity index (χ3v) is 5.82. The average molecular weight is 419 g/mol. The number of carboxylic acids is 1. The van der Waals surface area contributed by atoms with Gasteiger partial charge in [-0.3, -0.25) is 14.9 Å². The maximum absolute atomic E-state index is 12.7. The van der Waals surface area contributed by atoms with Crippen molar-refractivity contribution in [2.45, 2.75) is 17.4 Å². The smallest absolute Gasteiger partial charge is 0.322 e. The molecule has 0 spiro atoms. The standard InChI is InChI=1S/C18H17N3O7S/c1-28-17-7-6-12(9-16(17)21(24)25)29(26,27)20-15(18(22)23)8-11-10-19-14-5-3-2-4-13(11)14/h2-7,9-10,15,19-20H,8H2,1H3,(H,22,23)/t15-/m1/s1. The molecule has 1 heterocycles. The highest BCUT2D eigenvalue weighted by Gasteiger charge is 2.28. The lowest BCUT2D eigenvalue weighted by atomic mass is 10.1. The zero-order valence-corrected chi connectivity index (χ0v) is 16.0. The molecule has 29 heavy (non-hydrogen) atoms. The Balaban J connectivity index is 1.91. The Morgan fingerprint density at radius 3 is 2.69 bits per heavy atom. The van der Waals surface area contributed by atoms with E-state index in [9.17, 15) is 28.4 Å². The topological polar surface area (TPSA) is 152 Å². The van der Waals surface area contributed by atoms with Gasteiger partial charge in [0.05, 0.1) is 16.9 Å². The SMILES string of the molecule is COc1ccc(S(=O)(=O)N[C@H](Cc2c[nH]c3ccccc23)C(=O)O)cc1[N+](=O)[O-]. The van der Waals surface area contributed by atoms with Gasteiger partial charge in [-0.25, -0.2) is 8.42 Å². The predicted molar refractivity (Wildman–Crippen MR) is 103 cm³/mol. The number of methoxy groups -OCH3 is 1. The second-order valence-electron chi connectivity index (χ2n) is 6.17. The van der Waals surface area contributed by atoms with Gasteiger partial charge in [-0.2, -0.15) is 4.72 Å². The third-order valence-electron chi connectivity index (χ3n) is 4.35. The highest BCUT2D eigenvalue weighted by atomic mass is 32.2. The molecular formula is C18H17N3O7S. The summed E-state index contributed by atoms with van der Waals surface area (Å²) in [5.74, 6) is -1.48. The van der Waals surface area contributed by atoms with Crippen LogP contribution < -0.4 is 9.46 Å². The van der Waals surface area contributed by atoms with Crippen LogP contribution in [0, 0.1) is 10.1 Å². The second kappa shape index (κ2) is 7.89. The van der Waals surface area contributed by atoms with Crippen molar-refractivity contribution in [2.75, 3.05) is 7.11 Å². The molecule has 0 radical (unpaired) electrons. The van der Waals surface area contributed by atoms with Gasteiger partial charge in [-0.05, 0) is 23.8 Å². The first kappa shape index (κ1) is 20.3. The summed E-state index contributed by atoms with van der Waals surface area (Å²) in [6.07, 6.45) is 1.50. The number of aromatic nitrogens is 1. The number of sulfonamides is 1. The number of aliphatic carboxylic acids is 1. The van der Waals surface area contributed by atoms with Gasteiger partial charge in [-0.1, -0.05) is 18.2 Å². The van der Waals surface area contributed by atoms with Crippen LogP contribution in [0.15, 0.2) is 53.6 Å². The van der Waals surface area contributed by atoms with Crippen molar-refractivity contribution in [1.82, 2.24) is 9.71 Å². The molecule has 1 atom stereocenters. The van der Waals surface area contributed by atoms with E-state index in [2.05, 4.69) is 9.71 Å². The first-order valence-corrected chi connectivity index (χ1v) is 9.84. The number of hydrogen-bond acceptors (Lipinski definition) is 6. The molecule has 0 aliphatic carbocycles.